The first kappa shape index (κ1) is 17.3. The zero-order valence-electron chi connectivity index (χ0n) is 14.6. The molecule has 3 heterocycles. The molecule has 0 saturated carbocycles. The lowest BCUT2D eigenvalue weighted by Gasteiger charge is -2.22. The highest BCUT2D eigenvalue weighted by molar-refractivity contribution is 5.79. The summed E-state index contributed by atoms with van der Waals surface area (Å²) in [4.78, 5) is 4.74. The highest BCUT2D eigenvalue weighted by Crippen LogP contribution is 2.25. The second kappa shape index (κ2) is 8.53. The molecule has 2 aliphatic rings. The van der Waals surface area contributed by atoms with Crippen molar-refractivity contribution in [1.29, 1.82) is 0 Å². The smallest absolute Gasteiger partial charge is 0.191 e. The number of furan rings is 1. The molecule has 2 unspecified atom stereocenters. The first-order chi connectivity index (χ1) is 11.7. The van der Waals surface area contributed by atoms with E-state index in [1.165, 1.54) is 0 Å². The molecule has 0 spiro atoms. The summed E-state index contributed by atoms with van der Waals surface area (Å²) < 4.78 is 16.9. The third-order valence-electron chi connectivity index (χ3n) is 4.64. The Hall–Kier alpha value is -1.53. The van der Waals surface area contributed by atoms with Gasteiger partial charge < -0.3 is 24.5 Å². The Kier molecular flexibility index (Phi) is 6.15. The van der Waals surface area contributed by atoms with E-state index in [0.717, 1.165) is 70.1 Å². The molecule has 3 rings (SSSR count). The normalized spacial score (nSPS) is 27.5. The molecule has 1 aromatic heterocycles. The van der Waals surface area contributed by atoms with Gasteiger partial charge in [0.25, 0.3) is 0 Å². The van der Waals surface area contributed by atoms with Crippen LogP contribution in [0, 0.1) is 0 Å². The minimum absolute atomic E-state index is 0.126. The van der Waals surface area contributed by atoms with Gasteiger partial charge in [0, 0.05) is 32.7 Å². The van der Waals surface area contributed by atoms with Crippen LogP contribution < -0.4 is 10.6 Å². The maximum Gasteiger partial charge on any atom is 0.191 e. The van der Waals surface area contributed by atoms with Crippen LogP contribution >= 0.6 is 0 Å². The molecule has 2 aliphatic heterocycles. The van der Waals surface area contributed by atoms with Crippen LogP contribution in [-0.4, -0.2) is 50.5 Å². The van der Waals surface area contributed by atoms with Crippen LogP contribution in [0.3, 0.4) is 0 Å². The summed E-state index contributed by atoms with van der Waals surface area (Å²) in [7, 11) is 0. The minimum Gasteiger partial charge on any atom is -0.469 e. The van der Waals surface area contributed by atoms with E-state index >= 15 is 0 Å². The highest BCUT2D eigenvalue weighted by atomic mass is 16.5. The van der Waals surface area contributed by atoms with Crippen molar-refractivity contribution in [2.75, 3.05) is 32.8 Å². The van der Waals surface area contributed by atoms with Gasteiger partial charge in [-0.3, -0.25) is 4.99 Å². The van der Waals surface area contributed by atoms with Gasteiger partial charge in [-0.25, -0.2) is 0 Å². The van der Waals surface area contributed by atoms with Crippen molar-refractivity contribution < 1.29 is 13.9 Å². The maximum absolute atomic E-state index is 5.83. The van der Waals surface area contributed by atoms with Gasteiger partial charge in [0.05, 0.1) is 24.5 Å². The molecule has 0 radical (unpaired) electrons. The first-order valence-electron chi connectivity index (χ1n) is 9.04. The van der Waals surface area contributed by atoms with Gasteiger partial charge in [-0.05, 0) is 44.7 Å². The Balaban J connectivity index is 1.50. The number of ether oxygens (including phenoxy) is 2. The Bertz CT molecular complexity index is 504. The van der Waals surface area contributed by atoms with Crippen molar-refractivity contribution in [3.05, 3.63) is 24.2 Å². The van der Waals surface area contributed by atoms with Crippen molar-refractivity contribution >= 4 is 5.96 Å². The third kappa shape index (κ3) is 5.24. The van der Waals surface area contributed by atoms with E-state index in [1.54, 1.807) is 6.26 Å². The summed E-state index contributed by atoms with van der Waals surface area (Å²) >= 11 is 0. The van der Waals surface area contributed by atoms with Gasteiger partial charge in [0.1, 0.15) is 5.76 Å². The van der Waals surface area contributed by atoms with E-state index in [4.69, 9.17) is 18.9 Å². The molecular weight excluding hydrogens is 306 g/mol. The molecule has 0 aliphatic carbocycles. The SMILES string of the molecule is CC1(CN=C(NCCc2ccco2)NCC2CCCO2)CCCO1. The third-order valence-corrected chi connectivity index (χ3v) is 4.64. The topological polar surface area (TPSA) is 68.0 Å². The molecule has 6 heteroatoms. The minimum atomic E-state index is -0.126. The molecule has 0 amide bonds. The molecule has 2 atom stereocenters. The number of nitrogens with zero attached hydrogens (tertiary/aromatic N) is 1. The summed E-state index contributed by atoms with van der Waals surface area (Å²) in [5.74, 6) is 1.81. The molecule has 24 heavy (non-hydrogen) atoms. The Morgan fingerprint density at radius 2 is 2.29 bits per heavy atom. The lowest BCUT2D eigenvalue weighted by Crippen LogP contribution is -2.43. The summed E-state index contributed by atoms with van der Waals surface area (Å²) in [5.41, 5.74) is -0.126. The van der Waals surface area contributed by atoms with Crippen LogP contribution in [0.5, 0.6) is 0 Å². The van der Waals surface area contributed by atoms with E-state index in [1.807, 2.05) is 12.1 Å². The van der Waals surface area contributed by atoms with Crippen LogP contribution in [0.25, 0.3) is 0 Å². The second-order valence-electron chi connectivity index (χ2n) is 6.84. The fourth-order valence-electron chi connectivity index (χ4n) is 3.16. The molecule has 0 aromatic carbocycles. The molecule has 1 aromatic rings. The maximum atomic E-state index is 5.83. The molecule has 6 nitrogen and oxygen atoms in total. The zero-order valence-corrected chi connectivity index (χ0v) is 14.6. The fourth-order valence-corrected chi connectivity index (χ4v) is 3.16. The van der Waals surface area contributed by atoms with Crippen molar-refractivity contribution in [1.82, 2.24) is 10.6 Å². The molecule has 2 fully saturated rings. The lowest BCUT2D eigenvalue weighted by molar-refractivity contribution is 0.0283. The van der Waals surface area contributed by atoms with E-state index < -0.39 is 0 Å². The Labute approximate surface area is 144 Å². The highest BCUT2D eigenvalue weighted by Gasteiger charge is 2.29. The summed E-state index contributed by atoms with van der Waals surface area (Å²) in [6, 6.07) is 3.91. The predicted molar refractivity (Wildman–Crippen MR) is 93.3 cm³/mol. The average molecular weight is 335 g/mol. The van der Waals surface area contributed by atoms with Gasteiger partial charge in [-0.15, -0.1) is 0 Å². The van der Waals surface area contributed by atoms with Crippen molar-refractivity contribution in [3.8, 4) is 0 Å². The fraction of sp³-hybridized carbons (Fsp3) is 0.722. The molecule has 2 saturated heterocycles. The van der Waals surface area contributed by atoms with Gasteiger partial charge in [0.15, 0.2) is 5.96 Å². The molecule has 134 valence electrons. The quantitative estimate of drug-likeness (QED) is 0.590. The van der Waals surface area contributed by atoms with E-state index in [9.17, 15) is 0 Å². The van der Waals surface area contributed by atoms with Crippen LogP contribution in [0.2, 0.25) is 0 Å². The predicted octanol–water partition coefficient (Wildman–Crippen LogP) is 2.11. The van der Waals surface area contributed by atoms with Crippen LogP contribution in [0.1, 0.15) is 38.4 Å². The van der Waals surface area contributed by atoms with Crippen LogP contribution in [-0.2, 0) is 15.9 Å². The summed E-state index contributed by atoms with van der Waals surface area (Å²) in [6.45, 7) is 6.11. The van der Waals surface area contributed by atoms with Gasteiger partial charge in [0.2, 0.25) is 0 Å². The number of aliphatic imine (C=N–C) groups is 1. The number of rotatable bonds is 7. The monoisotopic (exact) mass is 335 g/mol. The lowest BCUT2D eigenvalue weighted by atomic mass is 10.0. The van der Waals surface area contributed by atoms with Crippen molar-refractivity contribution in [2.45, 2.75) is 50.7 Å². The van der Waals surface area contributed by atoms with Gasteiger partial charge in [-0.2, -0.15) is 0 Å². The van der Waals surface area contributed by atoms with Crippen LogP contribution in [0.15, 0.2) is 27.8 Å². The van der Waals surface area contributed by atoms with E-state index in [-0.39, 0.29) is 5.60 Å². The van der Waals surface area contributed by atoms with E-state index in [0.29, 0.717) is 12.6 Å². The average Bonchev–Trinajstić information content (AvgIpc) is 3.32. The number of nitrogens with one attached hydrogen (secondary N) is 2. The van der Waals surface area contributed by atoms with Crippen LogP contribution in [0.4, 0.5) is 0 Å². The number of guanidine groups is 1. The first-order valence-corrected chi connectivity index (χ1v) is 9.04. The van der Waals surface area contributed by atoms with Gasteiger partial charge >= 0.3 is 0 Å². The number of hydrogen-bond donors (Lipinski definition) is 2. The largest absolute Gasteiger partial charge is 0.469 e. The van der Waals surface area contributed by atoms with Crippen molar-refractivity contribution in [3.63, 3.8) is 0 Å². The molecule has 2 N–H and O–H groups in total. The summed E-state index contributed by atoms with van der Waals surface area (Å²) in [5, 5.41) is 6.80. The number of hydrogen-bond acceptors (Lipinski definition) is 4. The van der Waals surface area contributed by atoms with Crippen molar-refractivity contribution in [2.24, 2.45) is 4.99 Å². The second-order valence-corrected chi connectivity index (χ2v) is 6.84. The Morgan fingerprint density at radius 3 is 3.00 bits per heavy atom. The zero-order chi connectivity index (χ0) is 16.7. The molecular formula is C18H29N3O3. The standard InChI is InChI=1S/C18H29N3O3/c1-18(8-4-12-24-18)14-21-17(20-13-16-6-3-11-23-16)19-9-7-15-5-2-10-22-15/h2,5,10,16H,3-4,6-9,11-14H2,1H3,(H2,19,20,21). The van der Waals surface area contributed by atoms with E-state index in [2.05, 4.69) is 17.6 Å². The summed E-state index contributed by atoms with van der Waals surface area (Å²) in [6.07, 6.45) is 7.29. The molecule has 0 bridgehead atoms. The Morgan fingerprint density at radius 1 is 1.33 bits per heavy atom. The van der Waals surface area contributed by atoms with Gasteiger partial charge in [-0.1, -0.05) is 0 Å².